The monoisotopic (exact) mass is 333 g/mol. The maximum atomic E-state index is 13.0. The number of benzene rings is 2. The Kier molecular flexibility index (Phi) is 5.97. The van der Waals surface area contributed by atoms with Gasteiger partial charge in [-0.25, -0.2) is 8.78 Å². The zero-order valence-corrected chi connectivity index (χ0v) is 13.1. The number of halogens is 2. The van der Waals surface area contributed by atoms with E-state index >= 15 is 0 Å². The number of hydrogen-bond acceptors (Lipinski definition) is 3. The second-order valence-electron chi connectivity index (χ2n) is 5.29. The second-order valence-corrected chi connectivity index (χ2v) is 5.29. The molecule has 2 aromatic carbocycles. The minimum atomic E-state index is -0.448. The highest BCUT2D eigenvalue weighted by Gasteiger charge is 2.11. The molecule has 0 fully saturated rings. The quantitative estimate of drug-likeness (QED) is 0.854. The van der Waals surface area contributed by atoms with Gasteiger partial charge in [-0.3, -0.25) is 14.5 Å². The third-order valence-corrected chi connectivity index (χ3v) is 3.04. The molecule has 0 heterocycles. The number of carbonyl (C=O) groups excluding carboxylic acids is 2. The molecule has 0 saturated carbocycles. The van der Waals surface area contributed by atoms with E-state index in [2.05, 4.69) is 10.6 Å². The van der Waals surface area contributed by atoms with Crippen molar-refractivity contribution in [3.63, 3.8) is 0 Å². The maximum absolute atomic E-state index is 13.0. The first-order valence-electron chi connectivity index (χ1n) is 7.22. The molecule has 0 bridgehead atoms. The minimum absolute atomic E-state index is 0.0485. The molecule has 2 N–H and O–H groups in total. The Hall–Kier alpha value is -2.80. The van der Waals surface area contributed by atoms with Crippen molar-refractivity contribution >= 4 is 23.2 Å². The van der Waals surface area contributed by atoms with Crippen LogP contribution in [0.4, 0.5) is 20.2 Å². The molecular weight excluding hydrogens is 316 g/mol. The molecule has 2 amide bonds. The predicted octanol–water partition coefficient (Wildman–Crippen LogP) is 2.47. The molecule has 0 radical (unpaired) electrons. The maximum Gasteiger partial charge on any atom is 0.238 e. The first-order valence-corrected chi connectivity index (χ1v) is 7.22. The summed E-state index contributed by atoms with van der Waals surface area (Å²) in [7, 11) is 1.59. The lowest BCUT2D eigenvalue weighted by Gasteiger charge is -2.16. The average Bonchev–Trinajstić information content (AvgIpc) is 2.46. The van der Waals surface area contributed by atoms with E-state index in [-0.39, 0.29) is 24.9 Å². The largest absolute Gasteiger partial charge is 0.325 e. The lowest BCUT2D eigenvalue weighted by Crippen LogP contribution is -2.36. The van der Waals surface area contributed by atoms with Gasteiger partial charge in [0.25, 0.3) is 0 Å². The first kappa shape index (κ1) is 17.6. The van der Waals surface area contributed by atoms with Gasteiger partial charge in [0.15, 0.2) is 0 Å². The van der Waals surface area contributed by atoms with Gasteiger partial charge in [0.2, 0.25) is 11.8 Å². The van der Waals surface area contributed by atoms with Crippen LogP contribution in [0.25, 0.3) is 0 Å². The summed E-state index contributed by atoms with van der Waals surface area (Å²) in [5.41, 5.74) is 0.690. The molecule has 5 nitrogen and oxygen atoms in total. The first-order chi connectivity index (χ1) is 11.4. The molecule has 24 heavy (non-hydrogen) atoms. The Morgan fingerprint density at radius 3 is 1.67 bits per heavy atom. The lowest BCUT2D eigenvalue weighted by atomic mass is 10.3. The van der Waals surface area contributed by atoms with Gasteiger partial charge in [0, 0.05) is 11.4 Å². The highest BCUT2D eigenvalue weighted by atomic mass is 19.1. The van der Waals surface area contributed by atoms with Gasteiger partial charge >= 0.3 is 0 Å². The summed E-state index contributed by atoms with van der Waals surface area (Å²) in [6, 6.07) is 11.1. The molecule has 2 rings (SSSR count). The van der Waals surface area contributed by atoms with Crippen molar-refractivity contribution in [2.75, 3.05) is 30.8 Å². The molecular formula is C17H17F2N3O2. The number of anilines is 2. The fraction of sp³-hybridized carbons (Fsp3) is 0.176. The molecule has 0 spiro atoms. The molecule has 0 aliphatic carbocycles. The van der Waals surface area contributed by atoms with Gasteiger partial charge in [0.1, 0.15) is 11.6 Å². The minimum Gasteiger partial charge on any atom is -0.325 e. The standard InChI is InChI=1S/C17H17F2N3O2/c1-22(10-16(23)20-14-6-2-4-12(18)8-14)11-17(24)21-15-7-3-5-13(19)9-15/h2-9H,10-11H2,1H3,(H,20,23)(H,21,24). The van der Waals surface area contributed by atoms with Crippen LogP contribution in [-0.4, -0.2) is 36.9 Å². The predicted molar refractivity (Wildman–Crippen MR) is 87.6 cm³/mol. The average molecular weight is 333 g/mol. The van der Waals surface area contributed by atoms with Gasteiger partial charge in [0.05, 0.1) is 13.1 Å². The van der Waals surface area contributed by atoms with Gasteiger partial charge in [-0.15, -0.1) is 0 Å². The van der Waals surface area contributed by atoms with E-state index in [9.17, 15) is 18.4 Å². The van der Waals surface area contributed by atoms with Crippen LogP contribution >= 0.6 is 0 Å². The van der Waals surface area contributed by atoms with E-state index in [1.807, 2.05) is 0 Å². The van der Waals surface area contributed by atoms with Crippen LogP contribution in [0, 0.1) is 11.6 Å². The van der Waals surface area contributed by atoms with E-state index in [1.165, 1.54) is 41.3 Å². The van der Waals surface area contributed by atoms with Gasteiger partial charge in [-0.2, -0.15) is 0 Å². The number of carbonyl (C=O) groups is 2. The van der Waals surface area contributed by atoms with Crippen molar-refractivity contribution in [1.82, 2.24) is 4.90 Å². The van der Waals surface area contributed by atoms with Gasteiger partial charge in [-0.1, -0.05) is 12.1 Å². The van der Waals surface area contributed by atoms with Crippen molar-refractivity contribution < 1.29 is 18.4 Å². The summed E-state index contributed by atoms with van der Waals surface area (Å²) >= 11 is 0. The van der Waals surface area contributed by atoms with E-state index < -0.39 is 11.6 Å². The molecule has 0 aromatic heterocycles. The Labute approximate surface area is 138 Å². The van der Waals surface area contributed by atoms with Crippen LogP contribution in [-0.2, 0) is 9.59 Å². The van der Waals surface area contributed by atoms with Crippen molar-refractivity contribution in [2.45, 2.75) is 0 Å². The topological polar surface area (TPSA) is 61.4 Å². The number of nitrogens with zero attached hydrogens (tertiary/aromatic N) is 1. The van der Waals surface area contributed by atoms with Crippen molar-refractivity contribution in [3.05, 3.63) is 60.2 Å². The van der Waals surface area contributed by atoms with Crippen LogP contribution < -0.4 is 10.6 Å². The van der Waals surface area contributed by atoms with E-state index in [1.54, 1.807) is 19.2 Å². The molecule has 7 heteroatoms. The number of nitrogens with one attached hydrogen (secondary N) is 2. The van der Waals surface area contributed by atoms with Gasteiger partial charge in [-0.05, 0) is 43.4 Å². The second kappa shape index (κ2) is 8.16. The molecule has 2 aromatic rings. The van der Waals surface area contributed by atoms with E-state index in [0.717, 1.165) is 0 Å². The lowest BCUT2D eigenvalue weighted by molar-refractivity contribution is -0.119. The van der Waals surface area contributed by atoms with Crippen LogP contribution in [0.2, 0.25) is 0 Å². The summed E-state index contributed by atoms with van der Waals surface area (Å²) < 4.78 is 26.1. The number of likely N-dealkylation sites (N-methyl/N-ethyl adjacent to an activating group) is 1. The summed E-state index contributed by atoms with van der Waals surface area (Å²) in [5.74, 6) is -1.64. The summed E-state index contributed by atoms with van der Waals surface area (Å²) in [6.45, 7) is -0.0971. The Morgan fingerprint density at radius 2 is 1.29 bits per heavy atom. The number of rotatable bonds is 6. The highest BCUT2D eigenvalue weighted by molar-refractivity contribution is 5.94. The highest BCUT2D eigenvalue weighted by Crippen LogP contribution is 2.10. The zero-order chi connectivity index (χ0) is 17.5. The van der Waals surface area contributed by atoms with Crippen molar-refractivity contribution in [2.24, 2.45) is 0 Å². The van der Waals surface area contributed by atoms with E-state index in [4.69, 9.17) is 0 Å². The Bertz CT molecular complexity index is 676. The molecule has 0 aliphatic rings. The van der Waals surface area contributed by atoms with Crippen molar-refractivity contribution in [3.8, 4) is 0 Å². The summed E-state index contributed by atoms with van der Waals surface area (Å²) in [6.07, 6.45) is 0. The third kappa shape index (κ3) is 5.77. The summed E-state index contributed by atoms with van der Waals surface area (Å²) in [4.78, 5) is 25.2. The molecule has 0 atom stereocenters. The number of amides is 2. The van der Waals surface area contributed by atoms with Crippen LogP contribution in [0.1, 0.15) is 0 Å². The van der Waals surface area contributed by atoms with E-state index in [0.29, 0.717) is 11.4 Å². The fourth-order valence-electron chi connectivity index (χ4n) is 2.08. The molecule has 126 valence electrons. The normalized spacial score (nSPS) is 10.5. The Morgan fingerprint density at radius 1 is 0.875 bits per heavy atom. The third-order valence-electron chi connectivity index (χ3n) is 3.04. The molecule has 0 unspecified atom stereocenters. The Balaban J connectivity index is 1.80. The van der Waals surface area contributed by atoms with Crippen molar-refractivity contribution in [1.29, 1.82) is 0 Å². The fourth-order valence-corrected chi connectivity index (χ4v) is 2.08. The smallest absolute Gasteiger partial charge is 0.238 e. The molecule has 0 saturated heterocycles. The molecule has 0 aliphatic heterocycles. The van der Waals surface area contributed by atoms with Crippen LogP contribution in [0.15, 0.2) is 48.5 Å². The number of hydrogen-bond donors (Lipinski definition) is 2. The SMILES string of the molecule is CN(CC(=O)Nc1cccc(F)c1)CC(=O)Nc1cccc(F)c1. The zero-order valence-electron chi connectivity index (χ0n) is 13.1. The summed E-state index contributed by atoms with van der Waals surface area (Å²) in [5, 5.41) is 5.08. The van der Waals surface area contributed by atoms with Gasteiger partial charge < -0.3 is 10.6 Å². The van der Waals surface area contributed by atoms with Crippen LogP contribution in [0.3, 0.4) is 0 Å². The van der Waals surface area contributed by atoms with Crippen LogP contribution in [0.5, 0.6) is 0 Å².